The Hall–Kier alpha value is -2.56. The zero-order valence-electron chi connectivity index (χ0n) is 17.5. The van der Waals surface area contributed by atoms with Crippen LogP contribution in [0.3, 0.4) is 0 Å². The summed E-state index contributed by atoms with van der Waals surface area (Å²) in [5, 5.41) is 0. The van der Waals surface area contributed by atoms with Crippen LogP contribution in [0.4, 0.5) is 5.69 Å². The molecule has 5 nitrogen and oxygen atoms in total. The summed E-state index contributed by atoms with van der Waals surface area (Å²) < 4.78 is 11.3. The summed E-state index contributed by atoms with van der Waals surface area (Å²) in [6, 6.07) is 6.05. The molecule has 2 aromatic rings. The lowest BCUT2D eigenvalue weighted by Crippen LogP contribution is -2.26. The van der Waals surface area contributed by atoms with Crippen LogP contribution in [-0.2, 0) is 4.74 Å². The Labute approximate surface area is 162 Å². The van der Waals surface area contributed by atoms with Gasteiger partial charge in [0, 0.05) is 18.8 Å². The van der Waals surface area contributed by atoms with Gasteiger partial charge in [-0.2, -0.15) is 0 Å². The predicted molar refractivity (Wildman–Crippen MR) is 109 cm³/mol. The number of esters is 1. The Kier molecular flexibility index (Phi) is 6.83. The Balaban J connectivity index is 2.65. The normalized spacial score (nSPS) is 10.6. The van der Waals surface area contributed by atoms with Crippen molar-refractivity contribution in [2.45, 2.75) is 48.0 Å². The van der Waals surface area contributed by atoms with Crippen LogP contribution in [0.15, 0.2) is 18.2 Å². The van der Waals surface area contributed by atoms with Gasteiger partial charge in [-0.15, -0.1) is 0 Å². The quantitative estimate of drug-likeness (QED) is 0.632. The number of hydrogen-bond acceptors (Lipinski definition) is 5. The minimum atomic E-state index is -0.440. The number of rotatable bonds is 7. The summed E-state index contributed by atoms with van der Waals surface area (Å²) in [6.07, 6.45) is 0.974. The monoisotopic (exact) mass is 370 g/mol. The highest BCUT2D eigenvalue weighted by atomic mass is 16.5. The molecule has 1 aromatic carbocycles. The number of benzene rings is 1. The highest BCUT2D eigenvalue weighted by Gasteiger charge is 2.25. The van der Waals surface area contributed by atoms with E-state index < -0.39 is 5.97 Å². The van der Waals surface area contributed by atoms with Crippen molar-refractivity contribution >= 4 is 11.7 Å². The highest BCUT2D eigenvalue weighted by Crippen LogP contribution is 2.35. The first-order chi connectivity index (χ1) is 12.8. The van der Waals surface area contributed by atoms with Gasteiger partial charge in [0.2, 0.25) is 5.88 Å². The predicted octanol–water partition coefficient (Wildman–Crippen LogP) is 5.13. The third kappa shape index (κ3) is 4.59. The first-order valence-electron chi connectivity index (χ1n) is 9.42. The number of anilines is 1. The second kappa shape index (κ2) is 8.89. The number of carbonyl (C=O) groups is 1. The zero-order chi connectivity index (χ0) is 20.1. The lowest BCUT2D eigenvalue weighted by atomic mass is 10.1. The molecule has 0 unspecified atom stereocenters. The standard InChI is InChI=1S/C22H30N2O3/c1-8-10-24(9-2)18-13-17(6)23-21(19(18)22(25)26-7)27-20-15(4)11-14(3)12-16(20)5/h11-13H,8-10H2,1-7H3. The van der Waals surface area contributed by atoms with E-state index in [1.165, 1.54) is 12.7 Å². The molecule has 27 heavy (non-hydrogen) atoms. The van der Waals surface area contributed by atoms with Crippen molar-refractivity contribution in [1.82, 2.24) is 4.98 Å². The number of aryl methyl sites for hydroxylation is 4. The maximum Gasteiger partial charge on any atom is 0.345 e. The molecular formula is C22H30N2O3. The van der Waals surface area contributed by atoms with Gasteiger partial charge in [-0.3, -0.25) is 0 Å². The molecule has 0 spiro atoms. The molecule has 0 fully saturated rings. The number of pyridine rings is 1. The van der Waals surface area contributed by atoms with Crippen molar-refractivity contribution in [3.8, 4) is 11.6 Å². The summed E-state index contributed by atoms with van der Waals surface area (Å²) >= 11 is 0. The van der Waals surface area contributed by atoms with Crippen LogP contribution in [0.1, 0.15) is 53.0 Å². The second-order valence-electron chi connectivity index (χ2n) is 6.86. The van der Waals surface area contributed by atoms with E-state index in [1.807, 2.05) is 26.8 Å². The van der Waals surface area contributed by atoms with Gasteiger partial charge in [0.25, 0.3) is 0 Å². The van der Waals surface area contributed by atoms with Gasteiger partial charge in [0.05, 0.1) is 12.8 Å². The van der Waals surface area contributed by atoms with E-state index in [9.17, 15) is 4.79 Å². The second-order valence-corrected chi connectivity index (χ2v) is 6.86. The van der Waals surface area contributed by atoms with E-state index in [0.29, 0.717) is 11.4 Å². The van der Waals surface area contributed by atoms with Gasteiger partial charge in [0.1, 0.15) is 11.3 Å². The highest BCUT2D eigenvalue weighted by molar-refractivity contribution is 5.98. The van der Waals surface area contributed by atoms with Gasteiger partial charge in [-0.1, -0.05) is 24.6 Å². The van der Waals surface area contributed by atoms with E-state index >= 15 is 0 Å². The molecular weight excluding hydrogens is 340 g/mol. The Morgan fingerprint density at radius 3 is 2.22 bits per heavy atom. The average molecular weight is 370 g/mol. The first kappa shape index (κ1) is 20.7. The van der Waals surface area contributed by atoms with Crippen LogP contribution in [0.2, 0.25) is 0 Å². The van der Waals surface area contributed by atoms with Crippen molar-refractivity contribution in [2.75, 3.05) is 25.1 Å². The topological polar surface area (TPSA) is 51.7 Å². The maximum absolute atomic E-state index is 12.6. The van der Waals surface area contributed by atoms with Gasteiger partial charge in [-0.05, 0) is 58.2 Å². The molecule has 0 aliphatic heterocycles. The molecule has 0 radical (unpaired) electrons. The summed E-state index contributed by atoms with van der Waals surface area (Å²) in [5.74, 6) is 0.583. The lowest BCUT2D eigenvalue weighted by molar-refractivity contribution is 0.0597. The Morgan fingerprint density at radius 2 is 1.70 bits per heavy atom. The van der Waals surface area contributed by atoms with Crippen molar-refractivity contribution in [2.24, 2.45) is 0 Å². The number of hydrogen-bond donors (Lipinski definition) is 0. The van der Waals surface area contributed by atoms with Crippen molar-refractivity contribution < 1.29 is 14.3 Å². The van der Waals surface area contributed by atoms with Crippen molar-refractivity contribution in [3.63, 3.8) is 0 Å². The Morgan fingerprint density at radius 1 is 1.07 bits per heavy atom. The number of ether oxygens (including phenoxy) is 2. The molecule has 1 aromatic heterocycles. The average Bonchev–Trinajstić information content (AvgIpc) is 2.61. The maximum atomic E-state index is 12.6. The molecule has 0 aliphatic carbocycles. The fourth-order valence-corrected chi connectivity index (χ4v) is 3.39. The third-order valence-electron chi connectivity index (χ3n) is 4.50. The van der Waals surface area contributed by atoms with Gasteiger partial charge >= 0.3 is 5.97 Å². The Bertz CT molecular complexity index is 808. The summed E-state index contributed by atoms with van der Waals surface area (Å²) in [7, 11) is 1.38. The first-order valence-corrected chi connectivity index (χ1v) is 9.42. The molecule has 2 rings (SSSR count). The van der Waals surface area contributed by atoms with Crippen LogP contribution < -0.4 is 9.64 Å². The number of nitrogens with zero attached hydrogens (tertiary/aromatic N) is 2. The third-order valence-corrected chi connectivity index (χ3v) is 4.50. The fraction of sp³-hybridized carbons (Fsp3) is 0.455. The fourth-order valence-electron chi connectivity index (χ4n) is 3.39. The molecule has 0 atom stereocenters. The van der Waals surface area contributed by atoms with Crippen molar-refractivity contribution in [3.05, 3.63) is 46.1 Å². The molecule has 0 saturated carbocycles. The van der Waals surface area contributed by atoms with E-state index in [0.717, 1.165) is 47.8 Å². The minimum absolute atomic E-state index is 0.293. The number of carbonyl (C=O) groups excluding carboxylic acids is 1. The molecule has 5 heteroatoms. The van der Waals surface area contributed by atoms with E-state index in [2.05, 4.69) is 42.8 Å². The van der Waals surface area contributed by atoms with Crippen LogP contribution in [0.5, 0.6) is 11.6 Å². The van der Waals surface area contributed by atoms with Gasteiger partial charge in [0.15, 0.2) is 0 Å². The van der Waals surface area contributed by atoms with E-state index in [-0.39, 0.29) is 0 Å². The zero-order valence-corrected chi connectivity index (χ0v) is 17.5. The molecule has 0 N–H and O–H groups in total. The molecule has 1 heterocycles. The van der Waals surface area contributed by atoms with Crippen LogP contribution in [0.25, 0.3) is 0 Å². The van der Waals surface area contributed by atoms with Crippen LogP contribution in [0, 0.1) is 27.7 Å². The van der Waals surface area contributed by atoms with Gasteiger partial charge in [-0.25, -0.2) is 9.78 Å². The van der Waals surface area contributed by atoms with E-state index in [4.69, 9.17) is 9.47 Å². The molecule has 0 saturated heterocycles. The summed E-state index contributed by atoms with van der Waals surface area (Å²) in [5.41, 5.74) is 5.16. The number of methoxy groups -OCH3 is 1. The van der Waals surface area contributed by atoms with Crippen LogP contribution >= 0.6 is 0 Å². The van der Waals surface area contributed by atoms with Crippen LogP contribution in [-0.4, -0.2) is 31.2 Å². The molecule has 0 aliphatic rings. The van der Waals surface area contributed by atoms with Crippen molar-refractivity contribution in [1.29, 1.82) is 0 Å². The molecule has 0 bridgehead atoms. The summed E-state index contributed by atoms with van der Waals surface area (Å²) in [6.45, 7) is 13.8. The smallest absolute Gasteiger partial charge is 0.345 e. The van der Waals surface area contributed by atoms with E-state index in [1.54, 1.807) is 0 Å². The number of aromatic nitrogens is 1. The SMILES string of the molecule is CCCN(CC)c1cc(C)nc(Oc2c(C)cc(C)cc2C)c1C(=O)OC. The lowest BCUT2D eigenvalue weighted by Gasteiger charge is -2.26. The molecule has 0 amide bonds. The summed E-state index contributed by atoms with van der Waals surface area (Å²) in [4.78, 5) is 19.3. The minimum Gasteiger partial charge on any atom is -0.465 e. The largest absolute Gasteiger partial charge is 0.465 e. The molecule has 146 valence electrons. The van der Waals surface area contributed by atoms with Gasteiger partial charge < -0.3 is 14.4 Å².